The van der Waals surface area contributed by atoms with Crippen molar-refractivity contribution in [2.75, 3.05) is 5.06 Å². The molecule has 0 aromatic heterocycles. The van der Waals surface area contributed by atoms with Crippen molar-refractivity contribution in [1.29, 1.82) is 0 Å². The third-order valence-corrected chi connectivity index (χ3v) is 14.4. The van der Waals surface area contributed by atoms with Crippen molar-refractivity contribution >= 4 is 23.6 Å². The zero-order valence-corrected chi connectivity index (χ0v) is 30.5. The Morgan fingerprint density at radius 2 is 1.67 bits per heavy atom. The molecule has 0 amide bonds. The molecule has 1 N–H and O–H groups in total. The highest BCUT2D eigenvalue weighted by molar-refractivity contribution is 5.81. The molecule has 0 bridgehead atoms. The van der Waals surface area contributed by atoms with Gasteiger partial charge in [0.15, 0.2) is 6.10 Å². The number of ether oxygens (including phenoxy) is 2. The van der Waals surface area contributed by atoms with Gasteiger partial charge in [-0.25, -0.2) is 14.7 Å². The Morgan fingerprint density at radius 1 is 0.941 bits per heavy atom. The van der Waals surface area contributed by atoms with E-state index in [-0.39, 0.29) is 53.4 Å². The molecule has 5 fully saturated rings. The topological polar surface area (TPSA) is 102 Å². The van der Waals surface area contributed by atoms with Crippen molar-refractivity contribution in [3.8, 4) is 0 Å². The maximum atomic E-state index is 13.8. The summed E-state index contributed by atoms with van der Waals surface area (Å²) in [6, 6.07) is 20.0. The van der Waals surface area contributed by atoms with Crippen LogP contribution in [0.15, 0.2) is 73.3 Å². The van der Waals surface area contributed by atoms with Crippen LogP contribution in [0.5, 0.6) is 0 Å². The zero-order valence-electron chi connectivity index (χ0n) is 30.5. The number of esters is 2. The molecule has 1 aliphatic heterocycles. The van der Waals surface area contributed by atoms with E-state index in [1.807, 2.05) is 53.6 Å². The molecular formula is C43H55NO7. The van der Waals surface area contributed by atoms with Gasteiger partial charge < -0.3 is 14.6 Å². The maximum absolute atomic E-state index is 13.8. The Kier molecular flexibility index (Phi) is 10.1. The molecule has 12 atom stereocenters. The molecular weight excluding hydrogens is 642 g/mol. The quantitative estimate of drug-likeness (QED) is 0.194. The first-order valence-electron chi connectivity index (χ1n) is 19.3. The fourth-order valence-corrected chi connectivity index (χ4v) is 11.8. The van der Waals surface area contributed by atoms with Gasteiger partial charge in [-0.2, -0.15) is 0 Å². The van der Waals surface area contributed by atoms with Gasteiger partial charge in [0, 0.05) is 24.3 Å². The number of carboxylic acids is 1. The minimum Gasteiger partial charge on any atom is -0.481 e. The number of anilines is 1. The van der Waals surface area contributed by atoms with Crippen molar-refractivity contribution in [3.63, 3.8) is 0 Å². The first-order chi connectivity index (χ1) is 24.5. The summed E-state index contributed by atoms with van der Waals surface area (Å²) in [5.41, 5.74) is 1.88. The number of hydrogen-bond donors (Lipinski definition) is 1. The molecule has 1 heterocycles. The summed E-state index contributed by atoms with van der Waals surface area (Å²) in [6.45, 7) is 10.7. The second-order valence-electron chi connectivity index (χ2n) is 16.7. The molecule has 2 aromatic carbocycles. The lowest BCUT2D eigenvalue weighted by atomic mass is 9.43. The van der Waals surface area contributed by atoms with E-state index < -0.39 is 12.1 Å². The average molecular weight is 698 g/mol. The van der Waals surface area contributed by atoms with Crippen LogP contribution in [0.1, 0.15) is 103 Å². The van der Waals surface area contributed by atoms with E-state index in [1.54, 1.807) is 0 Å². The second-order valence-corrected chi connectivity index (χ2v) is 16.7. The molecule has 8 nitrogen and oxygen atoms in total. The predicted molar refractivity (Wildman–Crippen MR) is 194 cm³/mol. The summed E-state index contributed by atoms with van der Waals surface area (Å²) in [5.74, 6) is 0.925. The fraction of sp³-hybridized carbons (Fsp3) is 0.605. The largest absolute Gasteiger partial charge is 0.481 e. The first-order valence-corrected chi connectivity index (χ1v) is 19.3. The molecule has 0 unspecified atom stereocenters. The van der Waals surface area contributed by atoms with Crippen LogP contribution in [0.3, 0.4) is 0 Å². The molecule has 8 heteroatoms. The number of rotatable bonds is 10. The third-order valence-electron chi connectivity index (χ3n) is 14.4. The highest BCUT2D eigenvalue weighted by Gasteiger charge is 2.65. The van der Waals surface area contributed by atoms with Crippen LogP contribution in [-0.2, 0) is 28.7 Å². The Morgan fingerprint density at radius 3 is 2.37 bits per heavy atom. The third kappa shape index (κ3) is 6.62. The number of carbonyl (C=O) groups excluding carboxylic acids is 2. The number of para-hydroxylation sites is 1. The normalized spacial score (nSPS) is 37.7. The molecule has 1 saturated heterocycles. The zero-order chi connectivity index (χ0) is 35.9. The Labute approximate surface area is 302 Å². The lowest BCUT2D eigenvalue weighted by Gasteiger charge is -2.62. The van der Waals surface area contributed by atoms with Crippen LogP contribution in [0.4, 0.5) is 5.69 Å². The Balaban J connectivity index is 1.05. The van der Waals surface area contributed by atoms with Crippen LogP contribution >= 0.6 is 0 Å². The molecule has 51 heavy (non-hydrogen) atoms. The van der Waals surface area contributed by atoms with Gasteiger partial charge in [-0.1, -0.05) is 75.9 Å². The van der Waals surface area contributed by atoms with Crippen LogP contribution in [-0.4, -0.2) is 41.3 Å². The van der Waals surface area contributed by atoms with E-state index in [0.29, 0.717) is 42.4 Å². The molecule has 4 aliphatic carbocycles. The van der Waals surface area contributed by atoms with Crippen molar-refractivity contribution in [2.24, 2.45) is 46.3 Å². The minimum atomic E-state index is -0.756. The number of aliphatic carboxylic acids is 1. The summed E-state index contributed by atoms with van der Waals surface area (Å²) in [6.07, 6.45) is 9.36. The van der Waals surface area contributed by atoms with Gasteiger partial charge in [-0.3, -0.25) is 9.63 Å². The number of nitrogens with zero attached hydrogens (tertiary/aromatic N) is 1. The minimum absolute atomic E-state index is 0.0609. The SMILES string of the molecule is C=CC(=O)O[C@H]1C[C@H]2[C@@H](CC[C@@H]3C[C@H](OC(=O)[C@H]4C[C@@H](c5ccccc5)N(c5ccccc5)O4)CC[C@@]32C)[C@@H]2CC[C@H]([C@H](C)CCC(=O)O)[C@@]12C. The van der Waals surface area contributed by atoms with Crippen molar-refractivity contribution < 1.29 is 33.8 Å². The number of hydroxylamine groups is 1. The smallest absolute Gasteiger partial charge is 0.338 e. The molecule has 5 aliphatic rings. The van der Waals surface area contributed by atoms with Crippen LogP contribution < -0.4 is 5.06 Å². The Bertz CT molecular complexity index is 1530. The predicted octanol–water partition coefficient (Wildman–Crippen LogP) is 8.72. The van der Waals surface area contributed by atoms with Gasteiger partial charge in [0.05, 0.1) is 11.7 Å². The summed E-state index contributed by atoms with van der Waals surface area (Å²) >= 11 is 0. The highest BCUT2D eigenvalue weighted by Crippen LogP contribution is 2.69. The van der Waals surface area contributed by atoms with E-state index >= 15 is 0 Å². The van der Waals surface area contributed by atoms with Crippen LogP contribution in [0, 0.1) is 46.3 Å². The standard InChI is InChI=1S/C43H55NO7/c1-5-40(47)50-38-25-35-32(34-20-19-33(43(34,38)4)27(2)16-21-39(45)46)18-17-29-24-31(22-23-42(29,35)3)49-41(48)37-26-36(28-12-8-6-9-13-28)44(51-37)30-14-10-7-11-15-30/h5-15,27,29,31-38H,1,16-26H2,2-4H3,(H,45,46)/t27-,29-,31-,32+,33-,34+,35+,36+,37-,38+,42+,43-/m1/s1. The van der Waals surface area contributed by atoms with Gasteiger partial charge in [0.2, 0.25) is 0 Å². The van der Waals surface area contributed by atoms with E-state index in [4.69, 9.17) is 14.3 Å². The lowest BCUT2D eigenvalue weighted by molar-refractivity contribution is -0.197. The highest BCUT2D eigenvalue weighted by atomic mass is 16.7. The number of fused-ring (bicyclic) bond motifs is 5. The van der Waals surface area contributed by atoms with Crippen molar-refractivity contribution in [1.82, 2.24) is 0 Å². The summed E-state index contributed by atoms with van der Waals surface area (Å²) < 4.78 is 12.6. The molecule has 0 radical (unpaired) electrons. The van der Waals surface area contributed by atoms with Crippen LogP contribution in [0.2, 0.25) is 0 Å². The summed E-state index contributed by atoms with van der Waals surface area (Å²) in [5, 5.41) is 11.3. The fourth-order valence-electron chi connectivity index (χ4n) is 11.8. The summed E-state index contributed by atoms with van der Waals surface area (Å²) in [7, 11) is 0. The molecule has 274 valence electrons. The van der Waals surface area contributed by atoms with Gasteiger partial charge in [-0.05, 0) is 116 Å². The van der Waals surface area contributed by atoms with Gasteiger partial charge in [0.25, 0.3) is 0 Å². The van der Waals surface area contributed by atoms with Gasteiger partial charge >= 0.3 is 17.9 Å². The monoisotopic (exact) mass is 697 g/mol. The number of benzene rings is 2. The van der Waals surface area contributed by atoms with E-state index in [1.165, 1.54) is 6.08 Å². The number of hydrogen-bond acceptors (Lipinski definition) is 7. The van der Waals surface area contributed by atoms with E-state index in [0.717, 1.165) is 62.6 Å². The molecule has 4 saturated carbocycles. The van der Waals surface area contributed by atoms with E-state index in [2.05, 4.69) is 39.5 Å². The average Bonchev–Trinajstić information content (AvgIpc) is 3.75. The summed E-state index contributed by atoms with van der Waals surface area (Å²) in [4.78, 5) is 44.4. The van der Waals surface area contributed by atoms with Gasteiger partial charge in [0.1, 0.15) is 12.2 Å². The van der Waals surface area contributed by atoms with E-state index in [9.17, 15) is 19.5 Å². The molecule has 7 rings (SSSR count). The lowest BCUT2D eigenvalue weighted by Crippen LogP contribution is -2.59. The van der Waals surface area contributed by atoms with Crippen molar-refractivity contribution in [3.05, 3.63) is 78.9 Å². The second kappa shape index (κ2) is 14.4. The molecule has 0 spiro atoms. The Hall–Kier alpha value is -3.65. The maximum Gasteiger partial charge on any atom is 0.338 e. The number of carbonyl (C=O) groups is 3. The first kappa shape index (κ1) is 35.7. The number of carboxylic acid groups (broad SMARTS) is 1. The molecule has 2 aromatic rings. The van der Waals surface area contributed by atoms with Crippen LogP contribution in [0.25, 0.3) is 0 Å². The van der Waals surface area contributed by atoms with Crippen molar-refractivity contribution in [2.45, 2.75) is 116 Å². The van der Waals surface area contributed by atoms with Gasteiger partial charge in [-0.15, -0.1) is 0 Å².